The van der Waals surface area contributed by atoms with Gasteiger partial charge in [-0.1, -0.05) is 115 Å². The highest BCUT2D eigenvalue weighted by Crippen LogP contribution is 2.51. The Hall–Kier alpha value is -3.16. The fourth-order valence-corrected chi connectivity index (χ4v) is 5.67. The number of halogens is 1. The van der Waals surface area contributed by atoms with Crippen molar-refractivity contribution in [2.75, 3.05) is 0 Å². The Bertz CT molecular complexity index is 1490. The predicted molar refractivity (Wildman–Crippen MR) is 140 cm³/mol. The smallest absolute Gasteiger partial charge is 0.0178 e. The zero-order chi connectivity index (χ0) is 21.9. The van der Waals surface area contributed by atoms with E-state index in [1.807, 2.05) is 0 Å². The van der Waals surface area contributed by atoms with Gasteiger partial charge in [0.05, 0.1) is 0 Å². The first-order chi connectivity index (χ1) is 15.5. The first kappa shape index (κ1) is 19.5. The van der Waals surface area contributed by atoms with Crippen LogP contribution >= 0.6 is 15.9 Å². The van der Waals surface area contributed by atoms with Crippen molar-refractivity contribution in [1.82, 2.24) is 0 Å². The summed E-state index contributed by atoms with van der Waals surface area (Å²) >= 11 is 3.68. The van der Waals surface area contributed by atoms with Gasteiger partial charge in [-0.25, -0.2) is 0 Å². The van der Waals surface area contributed by atoms with E-state index in [9.17, 15) is 0 Å². The summed E-state index contributed by atoms with van der Waals surface area (Å²) in [6, 6.07) is 37.7. The number of rotatable bonds is 2. The van der Waals surface area contributed by atoms with Crippen molar-refractivity contribution in [3.05, 3.63) is 119 Å². The van der Waals surface area contributed by atoms with Gasteiger partial charge in [0.25, 0.3) is 0 Å². The van der Waals surface area contributed by atoms with Crippen molar-refractivity contribution >= 4 is 26.7 Å². The van der Waals surface area contributed by atoms with Crippen LogP contribution in [0.1, 0.15) is 25.0 Å². The molecule has 5 aromatic carbocycles. The van der Waals surface area contributed by atoms with Crippen LogP contribution in [-0.2, 0) is 5.41 Å². The van der Waals surface area contributed by atoms with Crippen molar-refractivity contribution in [2.24, 2.45) is 0 Å². The molecule has 0 bridgehead atoms. The van der Waals surface area contributed by atoms with E-state index in [4.69, 9.17) is 0 Å². The van der Waals surface area contributed by atoms with Gasteiger partial charge in [0, 0.05) is 9.89 Å². The van der Waals surface area contributed by atoms with Gasteiger partial charge in [-0.15, -0.1) is 0 Å². The second kappa shape index (κ2) is 7.18. The van der Waals surface area contributed by atoms with Crippen LogP contribution in [0.2, 0.25) is 0 Å². The normalized spacial score (nSPS) is 13.7. The van der Waals surface area contributed by atoms with E-state index in [-0.39, 0.29) is 5.41 Å². The summed E-state index contributed by atoms with van der Waals surface area (Å²) in [7, 11) is 0. The summed E-state index contributed by atoms with van der Waals surface area (Å²) in [6.45, 7) is 4.68. The average molecular weight is 475 g/mol. The summed E-state index contributed by atoms with van der Waals surface area (Å²) in [5.41, 5.74) is 10.6. The summed E-state index contributed by atoms with van der Waals surface area (Å²) in [6.07, 6.45) is 0. The quantitative estimate of drug-likeness (QED) is 0.239. The van der Waals surface area contributed by atoms with Crippen molar-refractivity contribution in [3.8, 4) is 33.4 Å². The van der Waals surface area contributed by atoms with Gasteiger partial charge in [0.1, 0.15) is 0 Å². The van der Waals surface area contributed by atoms with E-state index < -0.39 is 0 Å². The second-order valence-corrected chi connectivity index (χ2v) is 10.1. The van der Waals surface area contributed by atoms with Gasteiger partial charge in [-0.2, -0.15) is 0 Å². The van der Waals surface area contributed by atoms with E-state index in [0.29, 0.717) is 0 Å². The van der Waals surface area contributed by atoms with Gasteiger partial charge in [0.2, 0.25) is 0 Å². The average Bonchev–Trinajstić information content (AvgIpc) is 3.05. The molecule has 1 aliphatic carbocycles. The molecule has 0 amide bonds. The van der Waals surface area contributed by atoms with Crippen LogP contribution in [0.5, 0.6) is 0 Å². The molecule has 0 spiro atoms. The molecule has 1 heteroatoms. The molecule has 0 N–H and O–H groups in total. The number of hydrogen-bond acceptors (Lipinski definition) is 0. The minimum atomic E-state index is -0.0397. The summed E-state index contributed by atoms with van der Waals surface area (Å²) < 4.78 is 1.14. The van der Waals surface area contributed by atoms with E-state index >= 15 is 0 Å². The van der Waals surface area contributed by atoms with E-state index in [2.05, 4.69) is 133 Å². The van der Waals surface area contributed by atoms with E-state index in [1.165, 1.54) is 55.3 Å². The maximum absolute atomic E-state index is 3.68. The highest BCUT2D eigenvalue weighted by molar-refractivity contribution is 9.10. The van der Waals surface area contributed by atoms with Gasteiger partial charge >= 0.3 is 0 Å². The predicted octanol–water partition coefficient (Wildman–Crippen LogP) is 9.24. The molecule has 0 heterocycles. The molecule has 5 aromatic rings. The Labute approximate surface area is 197 Å². The topological polar surface area (TPSA) is 0 Å². The molecule has 0 unspecified atom stereocenters. The van der Waals surface area contributed by atoms with Crippen LogP contribution in [0, 0.1) is 0 Å². The van der Waals surface area contributed by atoms with Crippen LogP contribution in [0.25, 0.3) is 44.2 Å². The molecular formula is C31H23Br. The van der Waals surface area contributed by atoms with Gasteiger partial charge in [0.15, 0.2) is 0 Å². The number of hydrogen-bond donors (Lipinski definition) is 0. The standard InChI is InChI=1S/C31H23Br/c1-31(2)28-18-22(13-16-26(28)27-17-14-23(32)19-29(27)31)30-24-11-7-6-10-21(24)12-15-25(30)20-8-4-3-5-9-20/h3-19H,1-2H3. The van der Waals surface area contributed by atoms with Crippen LogP contribution in [-0.4, -0.2) is 0 Å². The highest BCUT2D eigenvalue weighted by Gasteiger charge is 2.35. The molecule has 0 saturated heterocycles. The third-order valence-corrected chi connectivity index (χ3v) is 7.43. The molecule has 6 rings (SSSR count). The molecule has 0 fully saturated rings. The summed E-state index contributed by atoms with van der Waals surface area (Å²) in [4.78, 5) is 0. The Morgan fingerprint density at radius 3 is 2.03 bits per heavy atom. The van der Waals surface area contributed by atoms with Crippen molar-refractivity contribution in [2.45, 2.75) is 19.3 Å². The van der Waals surface area contributed by atoms with Gasteiger partial charge in [-0.05, 0) is 73.5 Å². The lowest BCUT2D eigenvalue weighted by Crippen LogP contribution is -2.15. The molecule has 32 heavy (non-hydrogen) atoms. The van der Waals surface area contributed by atoms with E-state index in [0.717, 1.165) is 4.47 Å². The lowest BCUT2D eigenvalue weighted by Gasteiger charge is -2.23. The third-order valence-electron chi connectivity index (χ3n) is 6.94. The minimum absolute atomic E-state index is 0.0397. The maximum atomic E-state index is 3.68. The third kappa shape index (κ3) is 2.88. The Balaban J connectivity index is 1.64. The first-order valence-corrected chi connectivity index (χ1v) is 11.9. The summed E-state index contributed by atoms with van der Waals surface area (Å²) in [5.74, 6) is 0. The summed E-state index contributed by atoms with van der Waals surface area (Å²) in [5, 5.41) is 2.57. The lowest BCUT2D eigenvalue weighted by molar-refractivity contribution is 0.660. The second-order valence-electron chi connectivity index (χ2n) is 9.15. The fourth-order valence-electron chi connectivity index (χ4n) is 5.31. The fraction of sp³-hybridized carbons (Fsp3) is 0.0968. The van der Waals surface area contributed by atoms with Crippen LogP contribution in [0.4, 0.5) is 0 Å². The molecule has 0 atom stereocenters. The van der Waals surface area contributed by atoms with Gasteiger partial charge in [-0.3, -0.25) is 0 Å². The Kier molecular flexibility index (Phi) is 4.38. The zero-order valence-corrected chi connectivity index (χ0v) is 19.8. The molecule has 0 aliphatic heterocycles. The number of fused-ring (bicyclic) bond motifs is 4. The molecule has 0 saturated carbocycles. The van der Waals surface area contributed by atoms with Crippen LogP contribution in [0.15, 0.2) is 108 Å². The molecule has 0 nitrogen and oxygen atoms in total. The molecular weight excluding hydrogens is 452 g/mol. The number of benzene rings is 5. The molecule has 0 radical (unpaired) electrons. The largest absolute Gasteiger partial charge is 0.0622 e. The Morgan fingerprint density at radius 2 is 1.22 bits per heavy atom. The SMILES string of the molecule is CC1(C)c2cc(Br)ccc2-c2ccc(-c3c(-c4ccccc4)ccc4ccccc34)cc21. The van der Waals surface area contributed by atoms with Crippen molar-refractivity contribution < 1.29 is 0 Å². The molecule has 1 aliphatic rings. The zero-order valence-electron chi connectivity index (χ0n) is 18.2. The van der Waals surface area contributed by atoms with E-state index in [1.54, 1.807) is 0 Å². The molecule has 154 valence electrons. The van der Waals surface area contributed by atoms with Crippen LogP contribution < -0.4 is 0 Å². The van der Waals surface area contributed by atoms with Gasteiger partial charge < -0.3 is 0 Å². The first-order valence-electron chi connectivity index (χ1n) is 11.1. The van der Waals surface area contributed by atoms with Crippen molar-refractivity contribution in [3.63, 3.8) is 0 Å². The maximum Gasteiger partial charge on any atom is 0.0178 e. The molecule has 0 aromatic heterocycles. The lowest BCUT2D eigenvalue weighted by atomic mass is 9.81. The van der Waals surface area contributed by atoms with Crippen molar-refractivity contribution in [1.29, 1.82) is 0 Å². The Morgan fingerprint density at radius 1 is 0.562 bits per heavy atom. The monoisotopic (exact) mass is 474 g/mol. The van der Waals surface area contributed by atoms with Crippen LogP contribution in [0.3, 0.4) is 0 Å². The minimum Gasteiger partial charge on any atom is -0.0622 e. The highest BCUT2D eigenvalue weighted by atomic mass is 79.9.